The van der Waals surface area contributed by atoms with E-state index in [-0.39, 0.29) is 5.92 Å². The molecule has 0 aliphatic carbocycles. The summed E-state index contributed by atoms with van der Waals surface area (Å²) in [4.78, 5) is 20.2. The summed E-state index contributed by atoms with van der Waals surface area (Å²) in [7, 11) is 0. The first kappa shape index (κ1) is 8.94. The van der Waals surface area contributed by atoms with Crippen LogP contribution in [0.1, 0.15) is 13.8 Å². The zero-order chi connectivity index (χ0) is 8.15. The highest BCUT2D eigenvalue weighted by atomic mass is 16.4. The molecule has 0 unspecified atom stereocenters. The summed E-state index contributed by atoms with van der Waals surface area (Å²) in [5, 5.41) is 10.3. The minimum absolute atomic E-state index is 0.281. The Morgan fingerprint density at radius 1 is 1.50 bits per heavy atom. The highest BCUT2D eigenvalue weighted by Gasteiger charge is 2.09. The van der Waals surface area contributed by atoms with E-state index >= 15 is 0 Å². The second kappa shape index (κ2) is 3.87. The van der Waals surface area contributed by atoms with E-state index in [1.54, 1.807) is 0 Å². The van der Waals surface area contributed by atoms with Gasteiger partial charge in [-0.3, -0.25) is 4.79 Å². The molecule has 0 aliphatic heterocycles. The van der Waals surface area contributed by atoms with E-state index in [4.69, 9.17) is 5.11 Å². The van der Waals surface area contributed by atoms with Gasteiger partial charge in [0.15, 0.2) is 0 Å². The van der Waals surface area contributed by atoms with Gasteiger partial charge in [-0.05, 0) is 5.92 Å². The van der Waals surface area contributed by atoms with Crippen molar-refractivity contribution in [2.75, 3.05) is 6.54 Å². The molecule has 2 N–H and O–H groups in total. The molecule has 4 nitrogen and oxygen atoms in total. The van der Waals surface area contributed by atoms with E-state index in [2.05, 4.69) is 5.32 Å². The van der Waals surface area contributed by atoms with Gasteiger partial charge >= 0.3 is 11.9 Å². The number of amides is 1. The molecule has 4 heteroatoms. The Balaban J connectivity index is 3.50. The van der Waals surface area contributed by atoms with Gasteiger partial charge in [0.2, 0.25) is 0 Å². The maximum atomic E-state index is 10.3. The molecule has 0 rings (SSSR count). The molecule has 0 heterocycles. The lowest BCUT2D eigenvalue weighted by Gasteiger charge is -2.03. The van der Waals surface area contributed by atoms with E-state index in [1.165, 1.54) is 0 Å². The molecule has 0 aliphatic rings. The first-order chi connectivity index (χ1) is 4.54. The fraction of sp³-hybridized carbons (Fsp3) is 0.667. The third-order valence-electron chi connectivity index (χ3n) is 0.865. The molecular weight excluding hydrogens is 134 g/mol. The number of aliphatic carboxylic acids is 1. The maximum absolute atomic E-state index is 10.3. The Kier molecular flexibility index (Phi) is 3.46. The van der Waals surface area contributed by atoms with E-state index in [9.17, 15) is 9.59 Å². The average molecular weight is 145 g/mol. The van der Waals surface area contributed by atoms with Gasteiger partial charge in [-0.15, -0.1) is 0 Å². The summed E-state index contributed by atoms with van der Waals surface area (Å²) in [6.45, 7) is 4.19. The van der Waals surface area contributed by atoms with E-state index in [1.807, 2.05) is 13.8 Å². The predicted molar refractivity (Wildman–Crippen MR) is 35.5 cm³/mol. The van der Waals surface area contributed by atoms with Crippen molar-refractivity contribution in [3.05, 3.63) is 0 Å². The summed E-state index contributed by atoms with van der Waals surface area (Å²) < 4.78 is 0. The van der Waals surface area contributed by atoms with Gasteiger partial charge in [0, 0.05) is 6.54 Å². The summed E-state index contributed by atoms with van der Waals surface area (Å²) in [5.41, 5.74) is 0. The Hall–Kier alpha value is -1.06. The fourth-order valence-electron chi connectivity index (χ4n) is 0.372. The number of carbonyl (C=O) groups excluding carboxylic acids is 1. The zero-order valence-corrected chi connectivity index (χ0v) is 6.05. The van der Waals surface area contributed by atoms with Gasteiger partial charge in [-0.25, -0.2) is 4.79 Å². The SMILES string of the molecule is CC(C)CNC(=O)C(=O)O. The number of carboxylic acid groups (broad SMARTS) is 1. The number of hydrogen-bond donors (Lipinski definition) is 2. The van der Waals surface area contributed by atoms with Crippen LogP contribution in [0.3, 0.4) is 0 Å². The maximum Gasteiger partial charge on any atom is 0.394 e. The quantitative estimate of drug-likeness (QED) is 0.531. The molecule has 58 valence electrons. The monoisotopic (exact) mass is 145 g/mol. The van der Waals surface area contributed by atoms with E-state index < -0.39 is 11.9 Å². The molecular formula is C6H11NO3. The first-order valence-electron chi connectivity index (χ1n) is 3.05. The van der Waals surface area contributed by atoms with Crippen molar-refractivity contribution in [1.82, 2.24) is 5.32 Å². The van der Waals surface area contributed by atoms with Crippen LogP contribution in [0, 0.1) is 5.92 Å². The summed E-state index contributed by atoms with van der Waals surface area (Å²) in [5.74, 6) is -2.09. The van der Waals surface area contributed by atoms with Crippen LogP contribution < -0.4 is 5.32 Å². The van der Waals surface area contributed by atoms with Gasteiger partial charge < -0.3 is 10.4 Å². The number of nitrogens with one attached hydrogen (secondary N) is 1. The van der Waals surface area contributed by atoms with Gasteiger partial charge in [0.25, 0.3) is 0 Å². The van der Waals surface area contributed by atoms with Crippen molar-refractivity contribution < 1.29 is 14.7 Å². The fourth-order valence-corrected chi connectivity index (χ4v) is 0.372. The van der Waals surface area contributed by atoms with Crippen LogP contribution in [0.5, 0.6) is 0 Å². The highest BCUT2D eigenvalue weighted by molar-refractivity contribution is 6.31. The lowest BCUT2D eigenvalue weighted by atomic mass is 10.2. The van der Waals surface area contributed by atoms with E-state index in [0.29, 0.717) is 6.54 Å². The Labute approximate surface area is 59.2 Å². The molecule has 1 amide bonds. The largest absolute Gasteiger partial charge is 0.474 e. The first-order valence-corrected chi connectivity index (χ1v) is 3.05. The second-order valence-corrected chi connectivity index (χ2v) is 2.41. The Morgan fingerprint density at radius 2 is 2.00 bits per heavy atom. The van der Waals surface area contributed by atoms with Gasteiger partial charge in [-0.1, -0.05) is 13.8 Å². The van der Waals surface area contributed by atoms with Crippen molar-refractivity contribution in [2.45, 2.75) is 13.8 Å². The van der Waals surface area contributed by atoms with E-state index in [0.717, 1.165) is 0 Å². The minimum Gasteiger partial charge on any atom is -0.474 e. The topological polar surface area (TPSA) is 66.4 Å². The molecule has 0 spiro atoms. The van der Waals surface area contributed by atoms with Gasteiger partial charge in [0.1, 0.15) is 0 Å². The number of hydrogen-bond acceptors (Lipinski definition) is 2. The smallest absolute Gasteiger partial charge is 0.394 e. The Morgan fingerprint density at radius 3 is 2.30 bits per heavy atom. The van der Waals surface area contributed by atoms with Crippen molar-refractivity contribution in [3.8, 4) is 0 Å². The molecule has 0 fully saturated rings. The zero-order valence-electron chi connectivity index (χ0n) is 6.05. The number of carbonyl (C=O) groups is 2. The minimum atomic E-state index is -1.43. The van der Waals surface area contributed by atoms with Crippen LogP contribution in [0.4, 0.5) is 0 Å². The molecule has 0 saturated heterocycles. The van der Waals surface area contributed by atoms with Gasteiger partial charge in [-0.2, -0.15) is 0 Å². The number of carboxylic acids is 1. The van der Waals surface area contributed by atoms with Crippen molar-refractivity contribution in [2.24, 2.45) is 5.92 Å². The third-order valence-corrected chi connectivity index (χ3v) is 0.865. The molecule has 0 saturated carbocycles. The second-order valence-electron chi connectivity index (χ2n) is 2.41. The van der Waals surface area contributed by atoms with Crippen LogP contribution in [0.15, 0.2) is 0 Å². The lowest BCUT2D eigenvalue weighted by Crippen LogP contribution is -2.33. The summed E-state index contributed by atoms with van der Waals surface area (Å²) in [6, 6.07) is 0. The standard InChI is InChI=1S/C6H11NO3/c1-4(2)3-7-5(8)6(9)10/h4H,3H2,1-2H3,(H,7,8)(H,9,10). The summed E-state index contributed by atoms with van der Waals surface area (Å²) in [6.07, 6.45) is 0. The van der Waals surface area contributed by atoms with Crippen LogP contribution in [0.2, 0.25) is 0 Å². The molecule has 0 aromatic carbocycles. The molecule has 0 bridgehead atoms. The average Bonchev–Trinajstić information content (AvgIpc) is 1.82. The lowest BCUT2D eigenvalue weighted by molar-refractivity contribution is -0.150. The molecule has 0 aromatic rings. The van der Waals surface area contributed by atoms with Crippen molar-refractivity contribution in [3.63, 3.8) is 0 Å². The van der Waals surface area contributed by atoms with Crippen LogP contribution in [0.25, 0.3) is 0 Å². The highest BCUT2D eigenvalue weighted by Crippen LogP contribution is 1.86. The summed E-state index contributed by atoms with van der Waals surface area (Å²) >= 11 is 0. The number of rotatable bonds is 2. The molecule has 0 aromatic heterocycles. The van der Waals surface area contributed by atoms with Crippen molar-refractivity contribution in [1.29, 1.82) is 0 Å². The van der Waals surface area contributed by atoms with Gasteiger partial charge in [0.05, 0.1) is 0 Å². The predicted octanol–water partition coefficient (Wildman–Crippen LogP) is -0.157. The Bertz CT molecular complexity index is 142. The van der Waals surface area contributed by atoms with Crippen LogP contribution in [-0.2, 0) is 9.59 Å². The normalized spacial score (nSPS) is 9.50. The molecule has 0 atom stereocenters. The molecule has 0 radical (unpaired) electrons. The van der Waals surface area contributed by atoms with Crippen LogP contribution >= 0.6 is 0 Å². The molecule has 10 heavy (non-hydrogen) atoms. The third kappa shape index (κ3) is 3.88. The van der Waals surface area contributed by atoms with Crippen LogP contribution in [-0.4, -0.2) is 23.5 Å². The van der Waals surface area contributed by atoms with Crippen molar-refractivity contribution >= 4 is 11.9 Å².